The van der Waals surface area contributed by atoms with Gasteiger partial charge in [-0.2, -0.15) is 0 Å². The van der Waals surface area contributed by atoms with Crippen molar-refractivity contribution in [3.8, 4) is 0 Å². The molecule has 2 rings (SSSR count). The average Bonchev–Trinajstić information content (AvgIpc) is 2.18. The molecule has 1 fully saturated rings. The van der Waals surface area contributed by atoms with E-state index < -0.39 is 0 Å². The van der Waals surface area contributed by atoms with Gasteiger partial charge in [0.2, 0.25) is 0 Å². The Morgan fingerprint density at radius 2 is 2.07 bits per heavy atom. The van der Waals surface area contributed by atoms with E-state index in [0.29, 0.717) is 0 Å². The molecule has 3 nitrogen and oxygen atoms in total. The molecule has 76 valence electrons. The van der Waals surface area contributed by atoms with Crippen LogP contribution in [0.2, 0.25) is 0 Å². The summed E-state index contributed by atoms with van der Waals surface area (Å²) in [6, 6.07) is 4.08. The smallest absolute Gasteiger partial charge is 0.0585 e. The van der Waals surface area contributed by atoms with Crippen molar-refractivity contribution < 1.29 is 9.84 Å². The second-order valence-electron chi connectivity index (χ2n) is 3.84. The second-order valence-corrected chi connectivity index (χ2v) is 3.84. The summed E-state index contributed by atoms with van der Waals surface area (Å²) >= 11 is 0. The number of pyridine rings is 1. The molecule has 0 bridgehead atoms. The van der Waals surface area contributed by atoms with Crippen LogP contribution in [-0.4, -0.2) is 29.9 Å². The first-order chi connectivity index (χ1) is 6.87. The van der Waals surface area contributed by atoms with Crippen LogP contribution in [0.25, 0.3) is 0 Å². The highest BCUT2D eigenvalue weighted by molar-refractivity contribution is 5.25. The predicted molar refractivity (Wildman–Crippen MR) is 53.1 cm³/mol. The van der Waals surface area contributed by atoms with Gasteiger partial charge >= 0.3 is 0 Å². The van der Waals surface area contributed by atoms with Crippen LogP contribution in [0, 0.1) is 0 Å². The molecule has 2 heterocycles. The Balaban J connectivity index is 2.12. The molecule has 1 aliphatic rings. The van der Waals surface area contributed by atoms with E-state index >= 15 is 0 Å². The molecule has 1 saturated heterocycles. The Morgan fingerprint density at radius 3 is 2.57 bits per heavy atom. The van der Waals surface area contributed by atoms with Gasteiger partial charge in [0.25, 0.3) is 0 Å². The van der Waals surface area contributed by atoms with E-state index in [1.165, 1.54) is 5.56 Å². The minimum absolute atomic E-state index is 0.145. The number of aromatic nitrogens is 1. The number of aliphatic hydroxyl groups excluding tert-OH is 1. The summed E-state index contributed by atoms with van der Waals surface area (Å²) in [6.07, 6.45) is 5.46. The van der Waals surface area contributed by atoms with Gasteiger partial charge < -0.3 is 9.84 Å². The molecular formula is C11H15NO2. The first-order valence-electron chi connectivity index (χ1n) is 4.96. The molecule has 0 radical (unpaired) electrons. The lowest BCUT2D eigenvalue weighted by Crippen LogP contribution is -2.46. The number of aliphatic hydroxyl groups is 1. The third kappa shape index (κ3) is 1.65. The first kappa shape index (κ1) is 9.62. The molecule has 0 spiro atoms. The molecule has 0 aromatic carbocycles. The molecule has 3 heteroatoms. The molecule has 0 atom stereocenters. The summed E-state index contributed by atoms with van der Waals surface area (Å²) in [4.78, 5) is 4.01. The van der Waals surface area contributed by atoms with Crippen LogP contribution in [0.4, 0.5) is 0 Å². The minimum Gasteiger partial charge on any atom is -0.396 e. The lowest BCUT2D eigenvalue weighted by molar-refractivity contribution is -0.0665. The van der Waals surface area contributed by atoms with Crippen molar-refractivity contribution in [2.75, 3.05) is 19.8 Å². The van der Waals surface area contributed by atoms with Crippen LogP contribution in [0.3, 0.4) is 0 Å². The second kappa shape index (κ2) is 4.07. The maximum absolute atomic E-state index is 8.84. The van der Waals surface area contributed by atoms with E-state index in [4.69, 9.17) is 9.84 Å². The van der Waals surface area contributed by atoms with Crippen LogP contribution in [0.5, 0.6) is 0 Å². The minimum atomic E-state index is 0.145. The molecule has 1 aromatic rings. The summed E-state index contributed by atoms with van der Waals surface area (Å²) in [5, 5.41) is 8.84. The predicted octanol–water partition coefficient (Wildman–Crippen LogP) is 1.12. The van der Waals surface area contributed by atoms with Crippen molar-refractivity contribution in [3.63, 3.8) is 0 Å². The van der Waals surface area contributed by atoms with Crippen LogP contribution < -0.4 is 0 Å². The van der Waals surface area contributed by atoms with Gasteiger partial charge in [-0.15, -0.1) is 0 Å². The summed E-state index contributed by atoms with van der Waals surface area (Å²) in [7, 11) is 0. The summed E-state index contributed by atoms with van der Waals surface area (Å²) in [5.74, 6) is 0. The van der Waals surface area contributed by atoms with E-state index in [1.807, 2.05) is 24.5 Å². The van der Waals surface area contributed by atoms with Crippen LogP contribution in [0.15, 0.2) is 24.5 Å². The monoisotopic (exact) mass is 193 g/mol. The Hall–Kier alpha value is -0.930. The van der Waals surface area contributed by atoms with E-state index in [0.717, 1.165) is 26.1 Å². The fourth-order valence-corrected chi connectivity index (χ4v) is 1.93. The quantitative estimate of drug-likeness (QED) is 0.779. The van der Waals surface area contributed by atoms with Crippen molar-refractivity contribution in [1.29, 1.82) is 0 Å². The topological polar surface area (TPSA) is 42.4 Å². The number of hydrogen-bond donors (Lipinski definition) is 1. The van der Waals surface area contributed by atoms with Crippen LogP contribution in [-0.2, 0) is 10.2 Å². The van der Waals surface area contributed by atoms with Gasteiger partial charge in [0, 0.05) is 24.4 Å². The fourth-order valence-electron chi connectivity index (χ4n) is 1.93. The molecule has 0 unspecified atom stereocenters. The largest absolute Gasteiger partial charge is 0.396 e. The maximum atomic E-state index is 8.84. The van der Waals surface area contributed by atoms with Gasteiger partial charge in [-0.05, 0) is 30.5 Å². The van der Waals surface area contributed by atoms with Gasteiger partial charge in [0.15, 0.2) is 0 Å². The molecule has 1 aliphatic heterocycles. The highest BCUT2D eigenvalue weighted by Gasteiger charge is 2.39. The first-order valence-corrected chi connectivity index (χ1v) is 4.96. The lowest BCUT2D eigenvalue weighted by atomic mass is 9.75. The summed E-state index contributed by atoms with van der Waals surface area (Å²) < 4.78 is 5.29. The Kier molecular flexibility index (Phi) is 2.79. The van der Waals surface area contributed by atoms with E-state index in [-0.39, 0.29) is 12.0 Å². The van der Waals surface area contributed by atoms with Crippen molar-refractivity contribution in [2.24, 2.45) is 0 Å². The average molecular weight is 193 g/mol. The zero-order chi connectivity index (χ0) is 9.86. The van der Waals surface area contributed by atoms with Crippen LogP contribution in [0.1, 0.15) is 18.4 Å². The highest BCUT2D eigenvalue weighted by Crippen LogP contribution is 2.36. The fraction of sp³-hybridized carbons (Fsp3) is 0.545. The molecule has 0 saturated carbocycles. The number of hydrogen-bond acceptors (Lipinski definition) is 3. The zero-order valence-corrected chi connectivity index (χ0v) is 8.15. The van der Waals surface area contributed by atoms with Crippen molar-refractivity contribution in [1.82, 2.24) is 4.98 Å². The van der Waals surface area contributed by atoms with Crippen LogP contribution >= 0.6 is 0 Å². The Labute approximate surface area is 83.7 Å². The summed E-state index contributed by atoms with van der Waals surface area (Å²) in [6.45, 7) is 1.81. The van der Waals surface area contributed by atoms with Gasteiger partial charge in [-0.3, -0.25) is 4.98 Å². The molecular weight excluding hydrogens is 178 g/mol. The SMILES string of the molecule is OCCCC1(c2ccncc2)COC1. The number of nitrogens with zero attached hydrogens (tertiary/aromatic N) is 1. The van der Waals surface area contributed by atoms with Gasteiger partial charge in [0.1, 0.15) is 0 Å². The third-order valence-corrected chi connectivity index (χ3v) is 2.86. The maximum Gasteiger partial charge on any atom is 0.0585 e. The van der Waals surface area contributed by atoms with Gasteiger partial charge in [-0.25, -0.2) is 0 Å². The van der Waals surface area contributed by atoms with E-state index in [2.05, 4.69) is 4.98 Å². The molecule has 1 N–H and O–H groups in total. The van der Waals surface area contributed by atoms with Crippen molar-refractivity contribution in [3.05, 3.63) is 30.1 Å². The summed E-state index contributed by atoms with van der Waals surface area (Å²) in [5.41, 5.74) is 1.43. The van der Waals surface area contributed by atoms with Gasteiger partial charge in [-0.1, -0.05) is 0 Å². The number of ether oxygens (including phenoxy) is 1. The number of rotatable bonds is 4. The normalized spacial score (nSPS) is 18.9. The molecule has 1 aromatic heterocycles. The molecule has 0 aliphatic carbocycles. The van der Waals surface area contributed by atoms with E-state index in [1.54, 1.807) is 0 Å². The lowest BCUT2D eigenvalue weighted by Gasteiger charge is -2.42. The molecule has 14 heavy (non-hydrogen) atoms. The van der Waals surface area contributed by atoms with Crippen molar-refractivity contribution in [2.45, 2.75) is 18.3 Å². The molecule has 0 amide bonds. The van der Waals surface area contributed by atoms with E-state index in [9.17, 15) is 0 Å². The van der Waals surface area contributed by atoms with Gasteiger partial charge in [0.05, 0.1) is 13.2 Å². The standard InChI is InChI=1S/C11H15NO2/c13-7-1-4-11(8-14-9-11)10-2-5-12-6-3-10/h2-3,5-6,13H,1,4,7-9H2. The Morgan fingerprint density at radius 1 is 1.36 bits per heavy atom. The zero-order valence-electron chi connectivity index (χ0n) is 8.15. The Bertz CT molecular complexity index is 283. The highest BCUT2D eigenvalue weighted by atomic mass is 16.5. The third-order valence-electron chi connectivity index (χ3n) is 2.86. The van der Waals surface area contributed by atoms with Crippen molar-refractivity contribution >= 4 is 0 Å².